The third-order valence-electron chi connectivity index (χ3n) is 1.78. The lowest BCUT2D eigenvalue weighted by Gasteiger charge is -1.91. The number of carbonyl (C=O) groups excluding carboxylic acids is 1. The van der Waals surface area contributed by atoms with E-state index in [1.807, 2.05) is 6.07 Å². The van der Waals surface area contributed by atoms with Crippen molar-refractivity contribution in [1.82, 2.24) is 9.97 Å². The van der Waals surface area contributed by atoms with Crippen LogP contribution in [0, 0.1) is 11.8 Å². The fourth-order valence-corrected chi connectivity index (χ4v) is 1.20. The van der Waals surface area contributed by atoms with Crippen molar-refractivity contribution in [2.45, 2.75) is 0 Å². The van der Waals surface area contributed by atoms with Gasteiger partial charge in [-0.2, -0.15) is 0 Å². The first kappa shape index (κ1) is 8.32. The Morgan fingerprint density at radius 2 is 2.36 bits per heavy atom. The second kappa shape index (κ2) is 3.23. The number of fused-ring (bicyclic) bond motifs is 1. The van der Waals surface area contributed by atoms with Crippen molar-refractivity contribution in [2.24, 2.45) is 5.73 Å². The highest BCUT2D eigenvalue weighted by atomic mass is 16.1. The molecule has 2 aromatic rings. The molecule has 0 unspecified atom stereocenters. The van der Waals surface area contributed by atoms with Crippen LogP contribution in [0.25, 0.3) is 11.0 Å². The van der Waals surface area contributed by atoms with Crippen molar-refractivity contribution in [1.29, 1.82) is 0 Å². The molecule has 0 aliphatic rings. The zero-order valence-corrected chi connectivity index (χ0v) is 7.24. The molecule has 0 atom stereocenters. The number of nitrogens with zero attached hydrogens (tertiary/aromatic N) is 1. The number of nitrogens with one attached hydrogen (secondary N) is 1. The first-order chi connectivity index (χ1) is 6.77. The van der Waals surface area contributed by atoms with Gasteiger partial charge in [-0.1, -0.05) is 5.92 Å². The number of nitrogens with two attached hydrogens (primary N) is 1. The van der Waals surface area contributed by atoms with Crippen molar-refractivity contribution < 1.29 is 4.79 Å². The van der Waals surface area contributed by atoms with Crippen molar-refractivity contribution >= 4 is 16.9 Å². The topological polar surface area (TPSA) is 71.8 Å². The van der Waals surface area contributed by atoms with Crippen molar-refractivity contribution in [3.8, 4) is 11.8 Å². The van der Waals surface area contributed by atoms with Crippen LogP contribution in [0.15, 0.2) is 24.5 Å². The van der Waals surface area contributed by atoms with E-state index >= 15 is 0 Å². The van der Waals surface area contributed by atoms with E-state index in [9.17, 15) is 4.79 Å². The summed E-state index contributed by atoms with van der Waals surface area (Å²) < 4.78 is 0. The lowest BCUT2D eigenvalue weighted by molar-refractivity contribution is -0.112. The smallest absolute Gasteiger partial charge is 0.293 e. The summed E-state index contributed by atoms with van der Waals surface area (Å²) in [5, 5.41) is 0.890. The van der Waals surface area contributed by atoms with Gasteiger partial charge in [0.15, 0.2) is 0 Å². The monoisotopic (exact) mass is 185 g/mol. The minimum atomic E-state index is -0.634. The highest BCUT2D eigenvalue weighted by Gasteiger charge is 1.98. The summed E-state index contributed by atoms with van der Waals surface area (Å²) in [6.45, 7) is 0. The fraction of sp³-hybridized carbons (Fsp3) is 0. The van der Waals surface area contributed by atoms with Crippen LogP contribution in [0.2, 0.25) is 0 Å². The number of rotatable bonds is 0. The quantitative estimate of drug-likeness (QED) is 0.583. The predicted octanol–water partition coefficient (Wildman–Crippen LogP) is 0.400. The number of hydrogen-bond donors (Lipinski definition) is 2. The Kier molecular flexibility index (Phi) is 1.92. The molecule has 0 aromatic carbocycles. The van der Waals surface area contributed by atoms with Crippen LogP contribution < -0.4 is 5.73 Å². The van der Waals surface area contributed by atoms with E-state index in [1.54, 1.807) is 18.5 Å². The molecule has 0 radical (unpaired) electrons. The molecule has 3 N–H and O–H groups in total. The van der Waals surface area contributed by atoms with Gasteiger partial charge in [-0.15, -0.1) is 0 Å². The molecule has 4 nitrogen and oxygen atoms in total. The van der Waals surface area contributed by atoms with Crippen LogP contribution in [-0.4, -0.2) is 15.9 Å². The van der Waals surface area contributed by atoms with Crippen LogP contribution in [0.5, 0.6) is 0 Å². The molecule has 0 spiro atoms. The Morgan fingerprint density at radius 1 is 1.50 bits per heavy atom. The van der Waals surface area contributed by atoms with Gasteiger partial charge in [0.1, 0.15) is 5.65 Å². The van der Waals surface area contributed by atoms with Gasteiger partial charge in [0, 0.05) is 29.3 Å². The number of primary amides is 1. The first-order valence-corrected chi connectivity index (χ1v) is 4.01. The number of hydrogen-bond acceptors (Lipinski definition) is 2. The molecule has 0 fully saturated rings. The zero-order chi connectivity index (χ0) is 9.97. The van der Waals surface area contributed by atoms with E-state index in [0.29, 0.717) is 0 Å². The van der Waals surface area contributed by atoms with Gasteiger partial charge >= 0.3 is 0 Å². The Labute approximate surface area is 80.1 Å². The highest BCUT2D eigenvalue weighted by molar-refractivity contribution is 5.94. The minimum absolute atomic E-state index is 0.634. The lowest BCUT2D eigenvalue weighted by atomic mass is 10.2. The van der Waals surface area contributed by atoms with Gasteiger partial charge in [-0.3, -0.25) is 4.79 Å². The Hall–Kier alpha value is -2.28. The van der Waals surface area contributed by atoms with E-state index in [1.165, 1.54) is 0 Å². The minimum Gasteiger partial charge on any atom is -0.359 e. The number of pyridine rings is 1. The maximum atomic E-state index is 10.5. The highest BCUT2D eigenvalue weighted by Crippen LogP contribution is 2.13. The molecule has 0 saturated heterocycles. The third kappa shape index (κ3) is 1.43. The van der Waals surface area contributed by atoms with E-state index in [4.69, 9.17) is 5.73 Å². The van der Waals surface area contributed by atoms with Gasteiger partial charge < -0.3 is 10.7 Å². The van der Waals surface area contributed by atoms with Gasteiger partial charge in [-0.05, 0) is 12.1 Å². The average Bonchev–Trinajstić information content (AvgIpc) is 2.62. The summed E-state index contributed by atoms with van der Waals surface area (Å²) in [7, 11) is 0. The van der Waals surface area contributed by atoms with E-state index in [-0.39, 0.29) is 0 Å². The SMILES string of the molecule is NC(=O)C#Cc1ccnc2[nH]ccc12. The van der Waals surface area contributed by atoms with Gasteiger partial charge in [0.2, 0.25) is 0 Å². The van der Waals surface area contributed by atoms with E-state index in [2.05, 4.69) is 21.8 Å². The molecule has 14 heavy (non-hydrogen) atoms. The normalized spacial score (nSPS) is 9.43. The Balaban J connectivity index is 2.58. The molecule has 0 bridgehead atoms. The van der Waals surface area contributed by atoms with Crippen LogP contribution in [0.1, 0.15) is 5.56 Å². The second-order valence-corrected chi connectivity index (χ2v) is 2.71. The molecule has 1 amide bonds. The maximum absolute atomic E-state index is 10.5. The molecule has 0 aliphatic heterocycles. The zero-order valence-electron chi connectivity index (χ0n) is 7.24. The van der Waals surface area contributed by atoms with Gasteiger partial charge in [0.25, 0.3) is 5.91 Å². The van der Waals surface area contributed by atoms with Gasteiger partial charge in [-0.25, -0.2) is 4.98 Å². The molecule has 0 saturated carbocycles. The summed E-state index contributed by atoms with van der Waals surface area (Å²) >= 11 is 0. The summed E-state index contributed by atoms with van der Waals surface area (Å²) in [6.07, 6.45) is 3.40. The van der Waals surface area contributed by atoms with Crippen LogP contribution >= 0.6 is 0 Å². The Bertz CT molecular complexity index is 545. The van der Waals surface area contributed by atoms with Crippen molar-refractivity contribution in [2.75, 3.05) is 0 Å². The van der Waals surface area contributed by atoms with Crippen LogP contribution in [0.4, 0.5) is 0 Å². The molecular weight excluding hydrogens is 178 g/mol. The van der Waals surface area contributed by atoms with E-state index < -0.39 is 5.91 Å². The summed E-state index contributed by atoms with van der Waals surface area (Å²) in [5.74, 6) is 4.35. The first-order valence-electron chi connectivity index (χ1n) is 4.01. The third-order valence-corrected chi connectivity index (χ3v) is 1.78. The molecule has 68 valence electrons. The van der Waals surface area contributed by atoms with Crippen molar-refractivity contribution in [3.63, 3.8) is 0 Å². The fourth-order valence-electron chi connectivity index (χ4n) is 1.20. The van der Waals surface area contributed by atoms with E-state index in [0.717, 1.165) is 16.6 Å². The summed E-state index contributed by atoms with van der Waals surface area (Å²) in [4.78, 5) is 17.5. The summed E-state index contributed by atoms with van der Waals surface area (Å²) in [6, 6.07) is 3.60. The molecular formula is C10H7N3O. The average molecular weight is 185 g/mol. The standard InChI is InChI=1S/C10H7N3O/c11-9(14)2-1-7-3-5-12-10-8(7)4-6-13-10/h3-6H,(H2,11,14)(H,12,13). The van der Waals surface area contributed by atoms with Gasteiger partial charge in [0.05, 0.1) is 0 Å². The molecule has 2 rings (SSSR count). The number of amides is 1. The lowest BCUT2D eigenvalue weighted by Crippen LogP contribution is -2.06. The largest absolute Gasteiger partial charge is 0.359 e. The maximum Gasteiger partial charge on any atom is 0.293 e. The number of aromatic nitrogens is 2. The van der Waals surface area contributed by atoms with Crippen molar-refractivity contribution in [3.05, 3.63) is 30.1 Å². The number of carbonyl (C=O) groups is 1. The number of H-pyrrole nitrogens is 1. The summed E-state index contributed by atoms with van der Waals surface area (Å²) in [5.41, 5.74) is 6.42. The Morgan fingerprint density at radius 3 is 3.14 bits per heavy atom. The second-order valence-electron chi connectivity index (χ2n) is 2.71. The van der Waals surface area contributed by atoms with Crippen LogP contribution in [-0.2, 0) is 4.79 Å². The molecule has 2 aromatic heterocycles. The van der Waals surface area contributed by atoms with Crippen LogP contribution in [0.3, 0.4) is 0 Å². The number of aromatic amines is 1. The molecule has 4 heteroatoms. The molecule has 0 aliphatic carbocycles. The molecule has 2 heterocycles. The predicted molar refractivity (Wildman–Crippen MR) is 52.2 cm³/mol.